The Kier molecular flexibility index (Phi) is 5.09. The van der Waals surface area contributed by atoms with Crippen molar-refractivity contribution >= 4 is 28.9 Å². The van der Waals surface area contributed by atoms with Crippen molar-refractivity contribution in [3.8, 4) is 5.69 Å². The highest BCUT2D eigenvalue weighted by atomic mass is 35.5. The van der Waals surface area contributed by atoms with Crippen LogP contribution in [0.3, 0.4) is 0 Å². The molecule has 0 aromatic carbocycles. The summed E-state index contributed by atoms with van der Waals surface area (Å²) in [5, 5.41) is -1.52. The number of carbonyl (C=O) groups excluding carboxylic acids is 1. The van der Waals surface area contributed by atoms with Gasteiger partial charge in [0, 0.05) is 18.0 Å². The van der Waals surface area contributed by atoms with Crippen LogP contribution in [0.25, 0.3) is 5.69 Å². The van der Waals surface area contributed by atoms with Gasteiger partial charge >= 0.3 is 17.8 Å². The van der Waals surface area contributed by atoms with Gasteiger partial charge in [0.05, 0.1) is 18.6 Å². The normalized spacial score (nSPS) is 11.6. The number of halogens is 5. The lowest BCUT2D eigenvalue weighted by molar-refractivity contribution is -0.144. The second-order valence-electron chi connectivity index (χ2n) is 4.76. The molecule has 2 heterocycles. The molecule has 0 spiro atoms. The summed E-state index contributed by atoms with van der Waals surface area (Å²) in [5.74, 6) is -0.748. The Labute approximate surface area is 145 Å². The number of hydrogen-bond donors (Lipinski definition) is 0. The molecule has 6 nitrogen and oxygen atoms in total. The molecule has 0 aliphatic carbocycles. The fraction of sp³-hybridized carbons (Fsp3) is 0.308. The van der Waals surface area contributed by atoms with E-state index in [-0.39, 0.29) is 20.1 Å². The van der Waals surface area contributed by atoms with E-state index in [0.717, 1.165) is 14.2 Å². The van der Waals surface area contributed by atoms with E-state index in [9.17, 15) is 31.9 Å². The van der Waals surface area contributed by atoms with Crippen LogP contribution in [0, 0.1) is 5.13 Å². The summed E-state index contributed by atoms with van der Waals surface area (Å²) in [6, 6.07) is 0.162. The van der Waals surface area contributed by atoms with Crippen molar-refractivity contribution < 1.29 is 27.1 Å². The lowest BCUT2D eigenvalue weighted by atomic mass is 10.3. The first-order valence-corrected chi connectivity index (χ1v) is 7.62. The van der Waals surface area contributed by atoms with Gasteiger partial charge in [0.25, 0.3) is 5.56 Å². The van der Waals surface area contributed by atoms with E-state index >= 15 is 0 Å². The summed E-state index contributed by atoms with van der Waals surface area (Å²) in [6.07, 6.45) is -5.37. The molecule has 0 bridgehead atoms. The van der Waals surface area contributed by atoms with E-state index < -0.39 is 51.4 Å². The van der Waals surface area contributed by atoms with Crippen LogP contribution in [-0.2, 0) is 29.2 Å². The van der Waals surface area contributed by atoms with Gasteiger partial charge in [-0.15, -0.1) is 11.3 Å². The SMILES string of the molecule is COC(=O)Cc1sc(F)c(-n2c(=O)cc(C(F)(F)F)n(C)c2=O)c1Cl. The zero-order chi connectivity index (χ0) is 19.1. The molecular formula is C13H9ClF4N2O4S. The van der Waals surface area contributed by atoms with E-state index in [4.69, 9.17) is 11.6 Å². The molecule has 0 aliphatic heterocycles. The quantitative estimate of drug-likeness (QED) is 0.584. The Morgan fingerprint density at radius 2 is 1.96 bits per heavy atom. The third-order valence-electron chi connectivity index (χ3n) is 3.22. The average molecular weight is 401 g/mol. The number of alkyl halides is 3. The number of thiophene rings is 1. The molecule has 0 N–H and O–H groups in total. The van der Waals surface area contributed by atoms with E-state index in [0.29, 0.717) is 11.3 Å². The number of hydrogen-bond acceptors (Lipinski definition) is 5. The number of methoxy groups -OCH3 is 1. The second kappa shape index (κ2) is 6.64. The summed E-state index contributed by atoms with van der Waals surface area (Å²) in [5.41, 5.74) is -5.02. The molecule has 0 amide bonds. The van der Waals surface area contributed by atoms with Crippen LogP contribution in [0.4, 0.5) is 17.6 Å². The van der Waals surface area contributed by atoms with Gasteiger partial charge in [-0.3, -0.25) is 14.2 Å². The van der Waals surface area contributed by atoms with Crippen LogP contribution < -0.4 is 11.2 Å². The second-order valence-corrected chi connectivity index (χ2v) is 6.19. The maximum absolute atomic E-state index is 14.2. The molecule has 0 radical (unpaired) electrons. The van der Waals surface area contributed by atoms with Gasteiger partial charge in [0.15, 0.2) is 0 Å². The summed E-state index contributed by atoms with van der Waals surface area (Å²) in [4.78, 5) is 35.4. The van der Waals surface area contributed by atoms with Crippen molar-refractivity contribution in [2.24, 2.45) is 7.05 Å². The van der Waals surface area contributed by atoms with Crippen LogP contribution in [0.2, 0.25) is 5.02 Å². The largest absolute Gasteiger partial charge is 0.469 e. The standard InChI is InChI=1S/C13H9ClF4N2O4S/c1-19-6(13(16,17)18)4-7(21)20(12(19)23)10-9(14)5(25-11(10)15)3-8(22)24-2/h4H,3H2,1-2H3. The van der Waals surface area contributed by atoms with E-state index in [1.807, 2.05) is 0 Å². The van der Waals surface area contributed by atoms with Crippen LogP contribution in [0.5, 0.6) is 0 Å². The molecule has 2 aromatic heterocycles. The number of esters is 1. The van der Waals surface area contributed by atoms with Crippen molar-refractivity contribution in [2.45, 2.75) is 12.6 Å². The average Bonchev–Trinajstić information content (AvgIpc) is 2.77. The topological polar surface area (TPSA) is 70.3 Å². The first kappa shape index (κ1) is 19.2. The van der Waals surface area contributed by atoms with Crippen molar-refractivity contribution in [3.63, 3.8) is 0 Å². The molecule has 0 atom stereocenters. The molecule has 0 saturated heterocycles. The third-order valence-corrected chi connectivity index (χ3v) is 4.71. The molecule has 0 aliphatic rings. The fourth-order valence-electron chi connectivity index (χ4n) is 2.03. The van der Waals surface area contributed by atoms with Crippen LogP contribution in [-0.4, -0.2) is 22.2 Å². The Bertz CT molecular complexity index is 961. The molecule has 2 rings (SSSR count). The van der Waals surface area contributed by atoms with Crippen molar-refractivity contribution in [1.29, 1.82) is 0 Å². The summed E-state index contributed by atoms with van der Waals surface area (Å²) < 4.78 is 57.4. The van der Waals surface area contributed by atoms with Gasteiger partial charge in [-0.25, -0.2) is 9.36 Å². The molecule has 12 heteroatoms. The minimum Gasteiger partial charge on any atom is -0.469 e. The number of aromatic nitrogens is 2. The number of nitrogens with zero attached hydrogens (tertiary/aromatic N) is 2. The summed E-state index contributed by atoms with van der Waals surface area (Å²) >= 11 is 6.31. The highest BCUT2D eigenvalue weighted by Crippen LogP contribution is 2.34. The number of carbonyl (C=O) groups is 1. The highest BCUT2D eigenvalue weighted by Gasteiger charge is 2.35. The molecule has 25 heavy (non-hydrogen) atoms. The highest BCUT2D eigenvalue weighted by molar-refractivity contribution is 7.11. The monoisotopic (exact) mass is 400 g/mol. The van der Waals surface area contributed by atoms with E-state index in [1.54, 1.807) is 0 Å². The Hall–Kier alpha value is -2.14. The number of rotatable bonds is 3. The van der Waals surface area contributed by atoms with Crippen molar-refractivity contribution in [2.75, 3.05) is 7.11 Å². The predicted molar refractivity (Wildman–Crippen MR) is 80.8 cm³/mol. The van der Waals surface area contributed by atoms with E-state index in [1.165, 1.54) is 0 Å². The van der Waals surface area contributed by atoms with Crippen LogP contribution in [0.1, 0.15) is 10.6 Å². The maximum atomic E-state index is 14.2. The lowest BCUT2D eigenvalue weighted by Gasteiger charge is -2.13. The summed E-state index contributed by atoms with van der Waals surface area (Å²) in [6.45, 7) is 0. The van der Waals surface area contributed by atoms with Gasteiger partial charge in [-0.1, -0.05) is 11.6 Å². The molecule has 0 unspecified atom stereocenters. The Balaban J connectivity index is 2.73. The first-order chi connectivity index (χ1) is 11.5. The molecule has 136 valence electrons. The minimum absolute atomic E-state index is 0.0325. The molecule has 0 saturated carbocycles. The van der Waals surface area contributed by atoms with Crippen molar-refractivity contribution in [3.05, 3.63) is 47.6 Å². The summed E-state index contributed by atoms with van der Waals surface area (Å²) in [7, 11) is 1.88. The predicted octanol–water partition coefficient (Wildman–Crippen LogP) is 2.12. The number of ether oxygens (including phenoxy) is 1. The zero-order valence-electron chi connectivity index (χ0n) is 12.6. The Morgan fingerprint density at radius 1 is 1.36 bits per heavy atom. The first-order valence-electron chi connectivity index (χ1n) is 6.43. The molecule has 2 aromatic rings. The van der Waals surface area contributed by atoms with Crippen LogP contribution >= 0.6 is 22.9 Å². The zero-order valence-corrected chi connectivity index (χ0v) is 14.2. The molecular weight excluding hydrogens is 392 g/mol. The van der Waals surface area contributed by atoms with Crippen LogP contribution in [0.15, 0.2) is 15.7 Å². The lowest BCUT2D eigenvalue weighted by Crippen LogP contribution is -2.41. The maximum Gasteiger partial charge on any atom is 0.431 e. The van der Waals surface area contributed by atoms with Gasteiger partial charge in [0.2, 0.25) is 5.13 Å². The van der Waals surface area contributed by atoms with Gasteiger partial charge in [-0.05, 0) is 0 Å². The van der Waals surface area contributed by atoms with Gasteiger partial charge in [0.1, 0.15) is 11.4 Å². The van der Waals surface area contributed by atoms with Gasteiger partial charge in [-0.2, -0.15) is 17.6 Å². The van der Waals surface area contributed by atoms with Gasteiger partial charge < -0.3 is 4.74 Å². The Morgan fingerprint density at radius 3 is 2.48 bits per heavy atom. The third kappa shape index (κ3) is 3.47. The fourth-order valence-corrected chi connectivity index (χ4v) is 3.31. The minimum atomic E-state index is -4.95. The van der Waals surface area contributed by atoms with Crippen molar-refractivity contribution in [1.82, 2.24) is 9.13 Å². The molecule has 0 fully saturated rings. The van der Waals surface area contributed by atoms with E-state index in [2.05, 4.69) is 4.74 Å². The smallest absolute Gasteiger partial charge is 0.431 e.